The first-order chi connectivity index (χ1) is 17.4. The molecule has 0 fully saturated rings. The Hall–Kier alpha value is -4.34. The summed E-state index contributed by atoms with van der Waals surface area (Å²) in [5, 5.41) is 8.65. The minimum Gasteiger partial charge on any atom is -0.309 e. The molecular formula is C32H20N2S. The summed E-state index contributed by atoms with van der Waals surface area (Å²) in [4.78, 5) is 0. The van der Waals surface area contributed by atoms with Gasteiger partial charge in [-0.25, -0.2) is 0 Å². The Morgan fingerprint density at radius 3 is 1.94 bits per heavy atom. The van der Waals surface area contributed by atoms with Gasteiger partial charge in [0, 0.05) is 43.0 Å². The van der Waals surface area contributed by atoms with Crippen molar-refractivity contribution in [2.75, 3.05) is 0 Å². The van der Waals surface area contributed by atoms with E-state index in [0.29, 0.717) is 0 Å². The van der Waals surface area contributed by atoms with Crippen molar-refractivity contribution < 1.29 is 0 Å². The van der Waals surface area contributed by atoms with E-state index in [1.807, 2.05) is 0 Å². The van der Waals surface area contributed by atoms with E-state index in [0.717, 1.165) is 0 Å². The lowest BCUT2D eigenvalue weighted by atomic mass is 10.1. The average Bonchev–Trinajstić information content (AvgIpc) is 3.61. The Morgan fingerprint density at radius 2 is 1.11 bits per heavy atom. The quantitative estimate of drug-likeness (QED) is 0.241. The number of hydrogen-bond donors (Lipinski definition) is 0. The molecule has 8 rings (SSSR count). The van der Waals surface area contributed by atoms with Crippen LogP contribution in [-0.4, -0.2) is 9.13 Å². The highest BCUT2D eigenvalue weighted by molar-refractivity contribution is 7.17. The molecule has 0 radical (unpaired) electrons. The van der Waals surface area contributed by atoms with Gasteiger partial charge in [0.2, 0.25) is 0 Å². The molecule has 8 aromatic rings. The number of rotatable bonds is 2. The minimum absolute atomic E-state index is 1.18. The van der Waals surface area contributed by atoms with Gasteiger partial charge in [-0.3, -0.25) is 0 Å². The average molecular weight is 465 g/mol. The predicted octanol–water partition coefficient (Wildman–Crippen LogP) is 9.10. The van der Waals surface area contributed by atoms with Gasteiger partial charge in [0.15, 0.2) is 0 Å². The van der Waals surface area contributed by atoms with E-state index in [1.165, 1.54) is 65.1 Å². The van der Waals surface area contributed by atoms with Gasteiger partial charge in [0.1, 0.15) is 0 Å². The fraction of sp³-hybridized carbons (Fsp3) is 0. The second-order valence-electron chi connectivity index (χ2n) is 9.04. The molecule has 0 aliphatic heterocycles. The van der Waals surface area contributed by atoms with E-state index in [1.54, 1.807) is 11.3 Å². The number of aromatic nitrogens is 2. The van der Waals surface area contributed by atoms with Crippen molar-refractivity contribution in [3.05, 3.63) is 121 Å². The van der Waals surface area contributed by atoms with Gasteiger partial charge in [-0.2, -0.15) is 0 Å². The fourth-order valence-electron chi connectivity index (χ4n) is 5.73. The molecule has 0 unspecified atom stereocenters. The van der Waals surface area contributed by atoms with Gasteiger partial charge in [0.25, 0.3) is 0 Å². The Bertz CT molecular complexity index is 2050. The van der Waals surface area contributed by atoms with Crippen LogP contribution in [0.25, 0.3) is 65.1 Å². The van der Waals surface area contributed by atoms with Gasteiger partial charge in [-0.1, -0.05) is 60.7 Å². The summed E-state index contributed by atoms with van der Waals surface area (Å²) in [5.41, 5.74) is 7.36. The third-order valence-electron chi connectivity index (χ3n) is 7.19. The molecule has 0 saturated carbocycles. The summed E-state index contributed by atoms with van der Waals surface area (Å²) in [6.45, 7) is 0. The second kappa shape index (κ2) is 7.08. The zero-order valence-corrected chi connectivity index (χ0v) is 19.7. The summed E-state index contributed by atoms with van der Waals surface area (Å²) >= 11 is 1.80. The Balaban J connectivity index is 1.52. The van der Waals surface area contributed by atoms with Crippen molar-refractivity contribution in [1.29, 1.82) is 0 Å². The zero-order chi connectivity index (χ0) is 22.9. The lowest BCUT2D eigenvalue weighted by Crippen LogP contribution is -1.95. The van der Waals surface area contributed by atoms with Crippen molar-refractivity contribution >= 4 is 65.0 Å². The van der Waals surface area contributed by atoms with Crippen molar-refractivity contribution in [3.8, 4) is 11.4 Å². The Kier molecular flexibility index (Phi) is 3.85. The third kappa shape index (κ3) is 2.59. The lowest BCUT2D eigenvalue weighted by Gasteiger charge is -2.11. The molecule has 0 saturated heterocycles. The third-order valence-corrected chi connectivity index (χ3v) is 8.08. The number of benzene rings is 5. The van der Waals surface area contributed by atoms with Gasteiger partial charge in [-0.05, 0) is 60.0 Å². The maximum Gasteiger partial charge on any atom is 0.0627 e. The molecule has 3 heterocycles. The smallest absolute Gasteiger partial charge is 0.0627 e. The van der Waals surface area contributed by atoms with E-state index in [4.69, 9.17) is 0 Å². The molecule has 0 spiro atoms. The van der Waals surface area contributed by atoms with E-state index < -0.39 is 0 Å². The summed E-state index contributed by atoms with van der Waals surface area (Å²) in [6.07, 6.45) is 0. The monoisotopic (exact) mass is 464 g/mol. The number of nitrogens with zero attached hydrogens (tertiary/aromatic N) is 2. The fourth-order valence-corrected chi connectivity index (χ4v) is 6.52. The highest BCUT2D eigenvalue weighted by atomic mass is 32.1. The van der Waals surface area contributed by atoms with Crippen LogP contribution < -0.4 is 0 Å². The molecular weight excluding hydrogens is 444 g/mol. The summed E-state index contributed by atoms with van der Waals surface area (Å²) in [7, 11) is 0. The Morgan fingerprint density at radius 1 is 0.429 bits per heavy atom. The number of thiophene rings is 1. The van der Waals surface area contributed by atoms with E-state index >= 15 is 0 Å². The maximum absolute atomic E-state index is 2.45. The van der Waals surface area contributed by atoms with Crippen LogP contribution in [0.3, 0.4) is 0 Å². The minimum atomic E-state index is 1.18. The molecule has 164 valence electrons. The van der Waals surface area contributed by atoms with Crippen molar-refractivity contribution in [2.24, 2.45) is 0 Å². The van der Waals surface area contributed by atoms with Crippen LogP contribution in [0.5, 0.6) is 0 Å². The summed E-state index contributed by atoms with van der Waals surface area (Å²) in [6, 6.07) is 41.9. The second-order valence-corrected chi connectivity index (χ2v) is 9.98. The number of para-hydroxylation sites is 3. The van der Waals surface area contributed by atoms with Crippen LogP contribution in [0, 0.1) is 0 Å². The van der Waals surface area contributed by atoms with E-state index in [9.17, 15) is 0 Å². The summed E-state index contributed by atoms with van der Waals surface area (Å²) < 4.78 is 6.15. The maximum atomic E-state index is 2.45. The van der Waals surface area contributed by atoms with E-state index in [2.05, 4.69) is 130 Å². The summed E-state index contributed by atoms with van der Waals surface area (Å²) in [5.74, 6) is 0. The Labute approximate surface area is 205 Å². The molecule has 0 atom stereocenters. The van der Waals surface area contributed by atoms with Crippen LogP contribution in [0.4, 0.5) is 0 Å². The molecule has 0 N–H and O–H groups in total. The topological polar surface area (TPSA) is 9.86 Å². The van der Waals surface area contributed by atoms with Crippen LogP contribution in [0.1, 0.15) is 0 Å². The lowest BCUT2D eigenvalue weighted by molar-refractivity contribution is 1.17. The van der Waals surface area contributed by atoms with Gasteiger partial charge >= 0.3 is 0 Å². The molecule has 35 heavy (non-hydrogen) atoms. The van der Waals surface area contributed by atoms with Crippen molar-refractivity contribution in [2.45, 2.75) is 0 Å². The largest absolute Gasteiger partial charge is 0.309 e. The van der Waals surface area contributed by atoms with Gasteiger partial charge in [0.05, 0.1) is 22.1 Å². The standard InChI is InChI=1S/C32H20N2S/c1-2-8-21(9-3-1)33-28-12-6-5-11-24(28)27-20-22(14-16-30(27)33)34-29-13-7-4-10-23(29)25-15-17-31-26(32(25)34)18-19-35-31/h1-20H. The molecule has 3 aromatic heterocycles. The normalized spacial score (nSPS) is 12.0. The molecule has 2 nitrogen and oxygen atoms in total. The first kappa shape index (κ1) is 19.0. The van der Waals surface area contributed by atoms with Crippen LogP contribution in [0.15, 0.2) is 121 Å². The number of fused-ring (bicyclic) bond motifs is 8. The molecule has 0 aliphatic carbocycles. The molecule has 0 aliphatic rings. The highest BCUT2D eigenvalue weighted by Gasteiger charge is 2.17. The highest BCUT2D eigenvalue weighted by Crippen LogP contribution is 2.40. The van der Waals surface area contributed by atoms with Gasteiger partial charge in [-0.15, -0.1) is 11.3 Å². The zero-order valence-electron chi connectivity index (χ0n) is 18.8. The van der Waals surface area contributed by atoms with E-state index in [-0.39, 0.29) is 0 Å². The van der Waals surface area contributed by atoms with Crippen LogP contribution in [0.2, 0.25) is 0 Å². The molecule has 0 bridgehead atoms. The van der Waals surface area contributed by atoms with Crippen molar-refractivity contribution in [3.63, 3.8) is 0 Å². The van der Waals surface area contributed by atoms with Crippen molar-refractivity contribution in [1.82, 2.24) is 9.13 Å². The molecule has 0 amide bonds. The first-order valence-electron chi connectivity index (χ1n) is 11.9. The van der Waals surface area contributed by atoms with Gasteiger partial charge < -0.3 is 9.13 Å². The molecule has 3 heteroatoms. The predicted molar refractivity (Wildman–Crippen MR) is 151 cm³/mol. The van der Waals surface area contributed by atoms with Crippen LogP contribution >= 0.6 is 11.3 Å². The van der Waals surface area contributed by atoms with Crippen LogP contribution in [-0.2, 0) is 0 Å². The number of hydrogen-bond acceptors (Lipinski definition) is 1. The molecule has 5 aromatic carbocycles. The first-order valence-corrected chi connectivity index (χ1v) is 12.7. The SMILES string of the molecule is c1ccc(-n2c3ccccc3c3cc(-n4c5ccccc5c5ccc6sccc6c54)ccc32)cc1.